The SMILES string of the molecule is CCCC/C=C\CCCCCCCC(=O)OC(COC(=O)CCCCCCCC)COP(=O)(O)OCCN. The van der Waals surface area contributed by atoms with Crippen LogP contribution in [0.3, 0.4) is 0 Å². The zero-order valence-corrected chi connectivity index (χ0v) is 24.8. The van der Waals surface area contributed by atoms with E-state index < -0.39 is 32.5 Å². The molecule has 0 saturated heterocycles. The van der Waals surface area contributed by atoms with E-state index in [1.807, 2.05) is 0 Å². The number of nitrogens with two attached hydrogens (primary N) is 1. The zero-order valence-electron chi connectivity index (χ0n) is 23.9. The highest BCUT2D eigenvalue weighted by Gasteiger charge is 2.25. The molecule has 0 amide bonds. The number of rotatable bonds is 27. The van der Waals surface area contributed by atoms with Gasteiger partial charge in [-0.3, -0.25) is 18.6 Å². The van der Waals surface area contributed by atoms with Crippen LogP contribution < -0.4 is 5.73 Å². The zero-order chi connectivity index (χ0) is 28.3. The fourth-order valence-electron chi connectivity index (χ4n) is 3.67. The third kappa shape index (κ3) is 25.1. The summed E-state index contributed by atoms with van der Waals surface area (Å²) in [5.74, 6) is -0.853. The molecule has 0 aromatic heterocycles. The quantitative estimate of drug-likeness (QED) is 0.0481. The van der Waals surface area contributed by atoms with Crippen molar-refractivity contribution in [2.45, 2.75) is 129 Å². The normalized spacial score (nSPS) is 13.9. The van der Waals surface area contributed by atoms with Crippen molar-refractivity contribution in [3.8, 4) is 0 Å². The monoisotopic (exact) mass is 563 g/mol. The van der Waals surface area contributed by atoms with Crippen LogP contribution in [0.2, 0.25) is 0 Å². The number of carbonyl (C=O) groups excluding carboxylic acids is 2. The van der Waals surface area contributed by atoms with Crippen molar-refractivity contribution in [1.29, 1.82) is 0 Å². The maximum Gasteiger partial charge on any atom is 0.472 e. The van der Waals surface area contributed by atoms with Crippen LogP contribution in [0.25, 0.3) is 0 Å². The van der Waals surface area contributed by atoms with Gasteiger partial charge in [0.15, 0.2) is 6.10 Å². The summed E-state index contributed by atoms with van der Waals surface area (Å²) in [6.45, 7) is 3.57. The minimum absolute atomic E-state index is 0.0536. The molecule has 38 heavy (non-hydrogen) atoms. The lowest BCUT2D eigenvalue weighted by Crippen LogP contribution is -2.29. The fraction of sp³-hybridized carbons (Fsp3) is 0.857. The molecule has 0 aliphatic rings. The Hall–Kier alpha value is -1.25. The minimum Gasteiger partial charge on any atom is -0.462 e. The lowest BCUT2D eigenvalue weighted by Gasteiger charge is -2.19. The lowest BCUT2D eigenvalue weighted by atomic mass is 10.1. The second-order valence-corrected chi connectivity index (χ2v) is 11.1. The highest BCUT2D eigenvalue weighted by molar-refractivity contribution is 7.47. The highest BCUT2D eigenvalue weighted by Crippen LogP contribution is 2.43. The molecule has 0 saturated carbocycles. The van der Waals surface area contributed by atoms with Gasteiger partial charge in [0.25, 0.3) is 0 Å². The maximum atomic E-state index is 12.3. The molecule has 0 fully saturated rings. The Balaban J connectivity index is 4.36. The van der Waals surface area contributed by atoms with Gasteiger partial charge in [-0.2, -0.15) is 0 Å². The van der Waals surface area contributed by atoms with E-state index in [2.05, 4.69) is 26.0 Å². The van der Waals surface area contributed by atoms with Gasteiger partial charge in [-0.15, -0.1) is 0 Å². The predicted molar refractivity (Wildman–Crippen MR) is 151 cm³/mol. The Morgan fingerprint density at radius 2 is 1.32 bits per heavy atom. The van der Waals surface area contributed by atoms with Crippen LogP contribution in [0, 0.1) is 0 Å². The molecule has 224 valence electrons. The number of hydrogen-bond donors (Lipinski definition) is 2. The molecule has 0 radical (unpaired) electrons. The Bertz CT molecular complexity index is 659. The van der Waals surface area contributed by atoms with Crippen LogP contribution in [0.1, 0.15) is 123 Å². The summed E-state index contributed by atoms with van der Waals surface area (Å²) in [7, 11) is -4.35. The molecular formula is C28H54NO8P. The van der Waals surface area contributed by atoms with E-state index in [-0.39, 0.29) is 32.6 Å². The predicted octanol–water partition coefficient (Wildman–Crippen LogP) is 6.76. The number of esters is 2. The van der Waals surface area contributed by atoms with Crippen molar-refractivity contribution >= 4 is 19.8 Å². The van der Waals surface area contributed by atoms with E-state index in [1.165, 1.54) is 25.7 Å². The van der Waals surface area contributed by atoms with E-state index in [4.69, 9.17) is 24.3 Å². The number of phosphoric acid groups is 1. The average Bonchev–Trinajstić information content (AvgIpc) is 2.89. The standard InChI is InChI=1S/C28H54NO8P/c1-3-5-7-9-11-12-13-14-15-17-19-21-28(31)37-26(25-36-38(32,33)35-23-22-29)24-34-27(30)20-18-16-10-8-6-4-2/h9,11,26H,3-8,10,12-25,29H2,1-2H3,(H,32,33)/b11-9-. The Labute approximate surface area is 230 Å². The summed E-state index contributed by atoms with van der Waals surface area (Å²) in [5.41, 5.74) is 5.28. The summed E-state index contributed by atoms with van der Waals surface area (Å²) in [6.07, 6.45) is 19.9. The van der Waals surface area contributed by atoms with Crippen molar-refractivity contribution < 1.29 is 37.6 Å². The summed E-state index contributed by atoms with van der Waals surface area (Å²) >= 11 is 0. The molecule has 0 aromatic carbocycles. The molecule has 0 heterocycles. The van der Waals surface area contributed by atoms with Gasteiger partial charge in [-0.25, -0.2) is 4.57 Å². The minimum atomic E-state index is -4.35. The van der Waals surface area contributed by atoms with Crippen molar-refractivity contribution in [2.24, 2.45) is 5.73 Å². The maximum absolute atomic E-state index is 12.3. The molecule has 9 nitrogen and oxygen atoms in total. The smallest absolute Gasteiger partial charge is 0.462 e. The molecule has 10 heteroatoms. The molecule has 0 spiro atoms. The molecule has 2 atom stereocenters. The van der Waals surface area contributed by atoms with Gasteiger partial charge in [0.05, 0.1) is 13.2 Å². The first-order chi connectivity index (χ1) is 18.3. The molecule has 0 rings (SSSR count). The van der Waals surface area contributed by atoms with Gasteiger partial charge in [0.2, 0.25) is 0 Å². The van der Waals surface area contributed by atoms with E-state index >= 15 is 0 Å². The lowest BCUT2D eigenvalue weighted by molar-refractivity contribution is -0.161. The number of unbranched alkanes of at least 4 members (excludes halogenated alkanes) is 12. The van der Waals surface area contributed by atoms with Crippen LogP contribution in [-0.2, 0) is 32.7 Å². The van der Waals surface area contributed by atoms with Crippen molar-refractivity contribution in [3.63, 3.8) is 0 Å². The fourth-order valence-corrected chi connectivity index (χ4v) is 4.44. The largest absolute Gasteiger partial charge is 0.472 e. The van der Waals surface area contributed by atoms with Gasteiger partial charge in [0, 0.05) is 19.4 Å². The van der Waals surface area contributed by atoms with Crippen LogP contribution in [-0.4, -0.2) is 49.3 Å². The summed E-state index contributed by atoms with van der Waals surface area (Å²) in [5, 5.41) is 0. The van der Waals surface area contributed by atoms with Gasteiger partial charge in [0.1, 0.15) is 6.61 Å². The number of ether oxygens (including phenoxy) is 2. The van der Waals surface area contributed by atoms with Gasteiger partial charge >= 0.3 is 19.8 Å². The summed E-state index contributed by atoms with van der Waals surface area (Å²) in [4.78, 5) is 34.2. The molecular weight excluding hydrogens is 509 g/mol. The first-order valence-corrected chi connectivity index (χ1v) is 16.2. The second-order valence-electron chi connectivity index (χ2n) is 9.62. The van der Waals surface area contributed by atoms with Crippen molar-refractivity contribution in [3.05, 3.63) is 12.2 Å². The topological polar surface area (TPSA) is 134 Å². The Kier molecular flexibility index (Phi) is 25.1. The third-order valence-electron chi connectivity index (χ3n) is 5.90. The summed E-state index contributed by atoms with van der Waals surface area (Å²) in [6, 6.07) is 0. The molecule has 0 aromatic rings. The molecule has 0 aliphatic heterocycles. The van der Waals surface area contributed by atoms with Gasteiger partial charge < -0.3 is 20.1 Å². The molecule has 2 unspecified atom stereocenters. The van der Waals surface area contributed by atoms with Gasteiger partial charge in [-0.1, -0.05) is 90.2 Å². The number of carbonyl (C=O) groups is 2. The first kappa shape index (κ1) is 36.8. The van der Waals surface area contributed by atoms with Crippen LogP contribution in [0.5, 0.6) is 0 Å². The van der Waals surface area contributed by atoms with E-state index in [0.717, 1.165) is 64.2 Å². The van der Waals surface area contributed by atoms with Gasteiger partial charge in [-0.05, 0) is 32.1 Å². The van der Waals surface area contributed by atoms with Crippen LogP contribution in [0.15, 0.2) is 12.2 Å². The highest BCUT2D eigenvalue weighted by atomic mass is 31.2. The number of hydrogen-bond acceptors (Lipinski definition) is 8. The number of phosphoric ester groups is 1. The summed E-state index contributed by atoms with van der Waals surface area (Å²) < 4.78 is 32.2. The van der Waals surface area contributed by atoms with E-state index in [1.54, 1.807) is 0 Å². The average molecular weight is 564 g/mol. The van der Waals surface area contributed by atoms with E-state index in [0.29, 0.717) is 6.42 Å². The molecule has 3 N–H and O–H groups in total. The van der Waals surface area contributed by atoms with Crippen molar-refractivity contribution in [2.75, 3.05) is 26.4 Å². The van der Waals surface area contributed by atoms with Crippen molar-refractivity contribution in [1.82, 2.24) is 0 Å². The Morgan fingerprint density at radius 1 is 0.763 bits per heavy atom. The third-order valence-corrected chi connectivity index (χ3v) is 6.89. The Morgan fingerprint density at radius 3 is 1.95 bits per heavy atom. The number of allylic oxidation sites excluding steroid dienone is 2. The first-order valence-electron chi connectivity index (χ1n) is 14.7. The molecule has 0 aliphatic carbocycles. The second kappa shape index (κ2) is 26.0. The molecule has 0 bridgehead atoms. The van der Waals surface area contributed by atoms with Crippen LogP contribution in [0.4, 0.5) is 0 Å². The van der Waals surface area contributed by atoms with Crippen LogP contribution >= 0.6 is 7.82 Å². The van der Waals surface area contributed by atoms with E-state index in [9.17, 15) is 19.0 Å².